The predicted octanol–water partition coefficient (Wildman–Crippen LogP) is 3.66. The van der Waals surface area contributed by atoms with E-state index in [0.717, 1.165) is 11.3 Å². The van der Waals surface area contributed by atoms with Gasteiger partial charge in [-0.05, 0) is 42.0 Å². The van der Waals surface area contributed by atoms with Crippen molar-refractivity contribution in [2.45, 2.75) is 12.6 Å². The lowest BCUT2D eigenvalue weighted by molar-refractivity contribution is -0.692. The molecule has 3 rings (SSSR count). The summed E-state index contributed by atoms with van der Waals surface area (Å²) < 4.78 is 20.1. The van der Waals surface area contributed by atoms with Crippen LogP contribution in [0.5, 0.6) is 5.75 Å². The summed E-state index contributed by atoms with van der Waals surface area (Å²) >= 11 is 5.56. The van der Waals surface area contributed by atoms with Crippen molar-refractivity contribution < 1.29 is 18.5 Å². The Bertz CT molecular complexity index is 945. The van der Waals surface area contributed by atoms with E-state index in [4.69, 9.17) is 17.0 Å². The van der Waals surface area contributed by atoms with Crippen LogP contribution in [0.25, 0.3) is 0 Å². The van der Waals surface area contributed by atoms with Crippen molar-refractivity contribution in [1.82, 2.24) is 5.32 Å². The molecule has 0 radical (unpaired) electrons. The molecule has 0 fully saturated rings. The van der Waals surface area contributed by atoms with E-state index >= 15 is 0 Å². The Kier molecular flexibility index (Phi) is 6.45. The molecule has 28 heavy (non-hydrogen) atoms. The van der Waals surface area contributed by atoms with Gasteiger partial charge in [-0.1, -0.05) is 30.4 Å². The van der Waals surface area contributed by atoms with Gasteiger partial charge in [0.15, 0.2) is 17.4 Å². The molecule has 4 nitrogen and oxygen atoms in total. The number of halogens is 1. The average molecular weight is 395 g/mol. The van der Waals surface area contributed by atoms with E-state index in [1.54, 1.807) is 24.1 Å². The maximum Gasteiger partial charge on any atom is 0.270 e. The van der Waals surface area contributed by atoms with Crippen LogP contribution in [0.4, 0.5) is 4.39 Å². The number of nitrogens with one attached hydrogen (secondary N) is 1. The number of thiocarbonyl (C=S) groups is 1. The van der Waals surface area contributed by atoms with Crippen LogP contribution in [-0.4, -0.2) is 17.9 Å². The highest BCUT2D eigenvalue weighted by molar-refractivity contribution is 7.80. The van der Waals surface area contributed by atoms with Crippen LogP contribution in [0, 0.1) is 5.82 Å². The van der Waals surface area contributed by atoms with E-state index in [9.17, 15) is 9.18 Å². The summed E-state index contributed by atoms with van der Waals surface area (Å²) in [5.41, 5.74) is 1.41. The van der Waals surface area contributed by atoms with Crippen molar-refractivity contribution in [3.8, 4) is 5.75 Å². The number of benzene rings is 2. The van der Waals surface area contributed by atoms with E-state index < -0.39 is 6.04 Å². The van der Waals surface area contributed by atoms with Crippen molar-refractivity contribution in [2.75, 3.05) is 7.11 Å². The molecule has 0 spiro atoms. The van der Waals surface area contributed by atoms with Crippen LogP contribution >= 0.6 is 12.2 Å². The van der Waals surface area contributed by atoms with Gasteiger partial charge in [-0.25, -0.2) is 4.39 Å². The third kappa shape index (κ3) is 4.78. The third-order valence-electron chi connectivity index (χ3n) is 4.29. The molecule has 1 unspecified atom stereocenters. The average Bonchev–Trinajstić information content (AvgIpc) is 2.74. The molecule has 3 aromatic rings. The van der Waals surface area contributed by atoms with Gasteiger partial charge in [0.1, 0.15) is 11.6 Å². The Hall–Kier alpha value is -3.12. The van der Waals surface area contributed by atoms with Crippen molar-refractivity contribution >= 4 is 23.0 Å². The zero-order chi connectivity index (χ0) is 19.9. The molecule has 6 heteroatoms. The number of Topliss-reactive ketones (excluding diaryl/α,β-unsaturated/α-hetero) is 1. The molecule has 1 aromatic heterocycles. The van der Waals surface area contributed by atoms with Gasteiger partial charge in [-0.3, -0.25) is 4.79 Å². The smallest absolute Gasteiger partial charge is 0.270 e. The Labute approximate surface area is 168 Å². The Morgan fingerprint density at radius 2 is 1.71 bits per heavy atom. The fourth-order valence-electron chi connectivity index (χ4n) is 2.78. The molecule has 0 aliphatic rings. The molecule has 0 aliphatic carbocycles. The number of ether oxygens (including phenoxy) is 1. The maximum absolute atomic E-state index is 13.2. The van der Waals surface area contributed by atoms with E-state index in [-0.39, 0.29) is 11.6 Å². The number of aromatic nitrogens is 1. The summed E-state index contributed by atoms with van der Waals surface area (Å²) in [4.78, 5) is 13.5. The summed E-state index contributed by atoms with van der Waals surface area (Å²) in [5.74, 6) is 0.180. The zero-order valence-corrected chi connectivity index (χ0v) is 16.2. The number of hydrogen-bond acceptors (Lipinski definition) is 3. The number of ketones is 1. The van der Waals surface area contributed by atoms with Gasteiger partial charge in [0, 0.05) is 24.2 Å². The Morgan fingerprint density at radius 1 is 1.07 bits per heavy atom. The minimum Gasteiger partial charge on any atom is -0.497 e. The number of rotatable bonds is 7. The molecule has 0 bridgehead atoms. The van der Waals surface area contributed by atoms with E-state index in [1.807, 2.05) is 42.5 Å². The molecule has 0 aliphatic heterocycles. The molecule has 1 heterocycles. The Morgan fingerprint density at radius 3 is 2.32 bits per heavy atom. The highest BCUT2D eigenvalue weighted by Gasteiger charge is 2.32. The fraction of sp³-hybridized carbons (Fsp3) is 0.136. The summed E-state index contributed by atoms with van der Waals surface area (Å²) in [7, 11) is 1.62. The molecule has 142 valence electrons. The number of methoxy groups -OCH3 is 1. The standard InChI is InChI=1S/C22H19FN2O2S/c1-27-19-11-5-16(6-12-19)15-24-22(28)20(25-13-3-2-4-14-25)21(26)17-7-9-18(23)10-8-17/h2-14,20H,15H2,1H3/p+1. The maximum atomic E-state index is 13.2. The fourth-order valence-corrected chi connectivity index (χ4v) is 3.08. The first-order valence-electron chi connectivity index (χ1n) is 8.74. The van der Waals surface area contributed by atoms with Gasteiger partial charge < -0.3 is 10.1 Å². The number of carbonyl (C=O) groups excluding carboxylic acids is 1. The summed E-state index contributed by atoms with van der Waals surface area (Å²) in [5, 5.41) is 3.17. The monoisotopic (exact) mass is 395 g/mol. The molecular weight excluding hydrogens is 375 g/mol. The van der Waals surface area contributed by atoms with Crippen LogP contribution in [0.2, 0.25) is 0 Å². The first-order valence-corrected chi connectivity index (χ1v) is 9.15. The lowest BCUT2D eigenvalue weighted by atomic mass is 10.0. The molecule has 2 aromatic carbocycles. The van der Waals surface area contributed by atoms with Crippen molar-refractivity contribution in [2.24, 2.45) is 0 Å². The molecule has 1 atom stereocenters. The van der Waals surface area contributed by atoms with Gasteiger partial charge in [0.2, 0.25) is 5.78 Å². The van der Waals surface area contributed by atoms with E-state index in [1.165, 1.54) is 24.3 Å². The number of pyridine rings is 1. The SMILES string of the molecule is COc1ccc(CNC(=S)C(C(=O)c2ccc(F)cc2)[n+]2ccccc2)cc1. The number of hydrogen-bond donors (Lipinski definition) is 1. The van der Waals surface area contributed by atoms with Crippen molar-refractivity contribution in [3.05, 3.63) is 96.1 Å². The largest absolute Gasteiger partial charge is 0.497 e. The molecule has 1 N–H and O–H groups in total. The summed E-state index contributed by atoms with van der Waals surface area (Å²) in [6.45, 7) is 0.476. The van der Waals surface area contributed by atoms with Crippen LogP contribution in [-0.2, 0) is 6.54 Å². The second-order valence-corrected chi connectivity index (χ2v) is 6.60. The lowest BCUT2D eigenvalue weighted by Gasteiger charge is -2.15. The van der Waals surface area contributed by atoms with Crippen molar-refractivity contribution in [3.63, 3.8) is 0 Å². The van der Waals surface area contributed by atoms with E-state index in [0.29, 0.717) is 17.1 Å². The summed E-state index contributed by atoms with van der Waals surface area (Å²) in [6.07, 6.45) is 3.57. The minimum atomic E-state index is -0.722. The van der Waals surface area contributed by atoms with Gasteiger partial charge in [-0.2, -0.15) is 4.57 Å². The first kappa shape index (κ1) is 19.6. The van der Waals surface area contributed by atoms with Gasteiger partial charge >= 0.3 is 0 Å². The van der Waals surface area contributed by atoms with Gasteiger partial charge in [-0.15, -0.1) is 0 Å². The topological polar surface area (TPSA) is 42.2 Å². The van der Waals surface area contributed by atoms with Gasteiger partial charge in [0.05, 0.1) is 7.11 Å². The molecule has 0 saturated heterocycles. The number of carbonyl (C=O) groups is 1. The highest BCUT2D eigenvalue weighted by atomic mass is 32.1. The van der Waals surface area contributed by atoms with Crippen LogP contribution in [0.15, 0.2) is 79.1 Å². The normalized spacial score (nSPS) is 11.5. The van der Waals surface area contributed by atoms with Crippen LogP contribution < -0.4 is 14.6 Å². The van der Waals surface area contributed by atoms with Crippen LogP contribution in [0.1, 0.15) is 22.0 Å². The Balaban J connectivity index is 1.80. The number of nitrogens with zero attached hydrogens (tertiary/aromatic N) is 1. The minimum absolute atomic E-state index is 0.205. The molecule has 0 saturated carbocycles. The van der Waals surface area contributed by atoms with Crippen LogP contribution in [0.3, 0.4) is 0 Å². The highest BCUT2D eigenvalue weighted by Crippen LogP contribution is 2.14. The predicted molar refractivity (Wildman–Crippen MR) is 109 cm³/mol. The lowest BCUT2D eigenvalue weighted by Crippen LogP contribution is -2.51. The summed E-state index contributed by atoms with van der Waals surface area (Å²) in [6, 6.07) is 17.9. The van der Waals surface area contributed by atoms with E-state index in [2.05, 4.69) is 5.32 Å². The quantitative estimate of drug-likeness (QED) is 0.377. The second-order valence-electron chi connectivity index (χ2n) is 6.16. The first-order chi connectivity index (χ1) is 13.6. The third-order valence-corrected chi connectivity index (χ3v) is 4.66. The molecular formula is C22H20FN2O2S+. The van der Waals surface area contributed by atoms with Crippen molar-refractivity contribution in [1.29, 1.82) is 0 Å². The molecule has 0 amide bonds. The second kappa shape index (κ2) is 9.19. The zero-order valence-electron chi connectivity index (χ0n) is 15.3. The van der Waals surface area contributed by atoms with Gasteiger partial charge in [0.25, 0.3) is 6.04 Å².